The molecule has 31 heavy (non-hydrogen) atoms. The number of fused-ring (bicyclic) bond motifs is 1. The Kier molecular flexibility index (Phi) is 5.79. The fourth-order valence-electron chi connectivity index (χ4n) is 4.75. The van der Waals surface area contributed by atoms with Gasteiger partial charge in [-0.1, -0.05) is 12.1 Å². The summed E-state index contributed by atoms with van der Waals surface area (Å²) in [5.41, 5.74) is 2.45. The molecule has 1 fully saturated rings. The molecular weight excluding hydrogens is 419 g/mol. The van der Waals surface area contributed by atoms with Crippen molar-refractivity contribution < 1.29 is 22.3 Å². The molecule has 2 aromatic carbocycles. The number of ether oxygens (including phenoxy) is 1. The molecule has 8 heteroatoms. The molecule has 1 atom stereocenters. The molecule has 2 aliphatic rings. The number of carbonyl (C=O) groups excluding carboxylic acids is 1. The van der Waals surface area contributed by atoms with Crippen LogP contribution in [-0.4, -0.2) is 46.4 Å². The van der Waals surface area contributed by atoms with Crippen molar-refractivity contribution in [3.8, 4) is 0 Å². The summed E-state index contributed by atoms with van der Waals surface area (Å²) in [5, 5.41) is 3.02. The summed E-state index contributed by atoms with van der Waals surface area (Å²) in [7, 11) is -3.37. The topological polar surface area (TPSA) is 75.7 Å². The molecule has 1 amide bonds. The zero-order chi connectivity index (χ0) is 22.2. The van der Waals surface area contributed by atoms with Crippen LogP contribution in [0.25, 0.3) is 0 Å². The molecule has 0 radical (unpaired) electrons. The highest BCUT2D eigenvalue weighted by Gasteiger charge is 2.36. The monoisotopic (exact) mass is 446 g/mol. The van der Waals surface area contributed by atoms with E-state index in [-0.39, 0.29) is 23.2 Å². The predicted octanol–water partition coefficient (Wildman–Crippen LogP) is 3.01. The van der Waals surface area contributed by atoms with E-state index in [9.17, 15) is 17.6 Å². The van der Waals surface area contributed by atoms with E-state index in [0.29, 0.717) is 50.3 Å². The number of nitrogens with one attached hydrogen (secondary N) is 1. The SMILES string of the molecule is CC1Cc2cc(C(=O)NCC3(c4cccc(F)c4)CCOCC3)ccc2N1S(C)(=O)=O. The van der Waals surface area contributed by atoms with Gasteiger partial charge in [0, 0.05) is 36.8 Å². The quantitative estimate of drug-likeness (QED) is 0.766. The standard InChI is InChI=1S/C23H27FN2O4S/c1-16-12-18-13-17(6-7-21(18)26(16)31(2,28)29)22(27)25-15-23(8-10-30-11-9-23)19-4-3-5-20(24)14-19/h3-7,13-14,16H,8-12,15H2,1-2H3,(H,25,27). The van der Waals surface area contributed by atoms with Crippen LogP contribution in [0.4, 0.5) is 10.1 Å². The fraction of sp³-hybridized carbons (Fsp3) is 0.435. The zero-order valence-corrected chi connectivity index (χ0v) is 18.5. The van der Waals surface area contributed by atoms with Gasteiger partial charge in [0.2, 0.25) is 10.0 Å². The van der Waals surface area contributed by atoms with Crippen molar-refractivity contribution in [2.24, 2.45) is 0 Å². The van der Waals surface area contributed by atoms with Crippen molar-refractivity contribution in [3.05, 3.63) is 65.0 Å². The van der Waals surface area contributed by atoms with Gasteiger partial charge in [0.1, 0.15) is 5.82 Å². The van der Waals surface area contributed by atoms with Crippen LogP contribution in [0, 0.1) is 5.82 Å². The zero-order valence-electron chi connectivity index (χ0n) is 17.7. The van der Waals surface area contributed by atoms with E-state index in [1.807, 2.05) is 13.0 Å². The molecule has 1 unspecified atom stereocenters. The predicted molar refractivity (Wildman–Crippen MR) is 117 cm³/mol. The first kappa shape index (κ1) is 21.8. The average Bonchev–Trinajstić information content (AvgIpc) is 3.08. The van der Waals surface area contributed by atoms with Crippen molar-refractivity contribution in [2.45, 2.75) is 37.6 Å². The van der Waals surface area contributed by atoms with Crippen LogP contribution < -0.4 is 9.62 Å². The van der Waals surface area contributed by atoms with Crippen molar-refractivity contribution in [1.82, 2.24) is 5.32 Å². The van der Waals surface area contributed by atoms with Gasteiger partial charge >= 0.3 is 0 Å². The van der Waals surface area contributed by atoms with E-state index in [4.69, 9.17) is 4.74 Å². The third-order valence-corrected chi connectivity index (χ3v) is 7.60. The van der Waals surface area contributed by atoms with Crippen LogP contribution >= 0.6 is 0 Å². The molecular formula is C23H27FN2O4S. The maximum Gasteiger partial charge on any atom is 0.251 e. The smallest absolute Gasteiger partial charge is 0.251 e. The van der Waals surface area contributed by atoms with Gasteiger partial charge in [-0.3, -0.25) is 9.10 Å². The van der Waals surface area contributed by atoms with Crippen LogP contribution in [0.2, 0.25) is 0 Å². The van der Waals surface area contributed by atoms with Gasteiger partial charge in [-0.05, 0) is 67.6 Å². The van der Waals surface area contributed by atoms with Gasteiger partial charge in [0.25, 0.3) is 5.91 Å². The second-order valence-corrected chi connectivity index (χ2v) is 10.4. The minimum Gasteiger partial charge on any atom is -0.381 e. The molecule has 2 aliphatic heterocycles. The van der Waals surface area contributed by atoms with Crippen LogP contribution in [0.1, 0.15) is 41.3 Å². The highest BCUT2D eigenvalue weighted by atomic mass is 32.2. The van der Waals surface area contributed by atoms with Crippen molar-refractivity contribution in [2.75, 3.05) is 30.3 Å². The van der Waals surface area contributed by atoms with Gasteiger partial charge in [-0.2, -0.15) is 0 Å². The summed E-state index contributed by atoms with van der Waals surface area (Å²) in [6, 6.07) is 11.5. The van der Waals surface area contributed by atoms with Crippen LogP contribution in [0.3, 0.4) is 0 Å². The van der Waals surface area contributed by atoms with E-state index >= 15 is 0 Å². The Bertz CT molecular complexity index is 1100. The van der Waals surface area contributed by atoms with E-state index in [0.717, 1.165) is 11.1 Å². The lowest BCUT2D eigenvalue weighted by atomic mass is 9.74. The van der Waals surface area contributed by atoms with E-state index < -0.39 is 10.0 Å². The first-order valence-electron chi connectivity index (χ1n) is 10.4. The molecule has 0 saturated carbocycles. The second-order valence-electron chi connectivity index (χ2n) is 8.54. The Morgan fingerprint density at radius 3 is 2.65 bits per heavy atom. The van der Waals surface area contributed by atoms with E-state index in [1.54, 1.807) is 24.3 Å². The summed E-state index contributed by atoms with van der Waals surface area (Å²) in [4.78, 5) is 12.9. The number of hydrogen-bond donors (Lipinski definition) is 1. The molecule has 0 spiro atoms. The number of anilines is 1. The highest BCUT2D eigenvalue weighted by molar-refractivity contribution is 7.92. The number of amides is 1. The van der Waals surface area contributed by atoms with Gasteiger partial charge in [-0.15, -0.1) is 0 Å². The first-order chi connectivity index (χ1) is 14.7. The number of sulfonamides is 1. The van der Waals surface area contributed by atoms with Gasteiger partial charge in [0.15, 0.2) is 0 Å². The van der Waals surface area contributed by atoms with Crippen molar-refractivity contribution in [1.29, 1.82) is 0 Å². The minimum atomic E-state index is -3.37. The van der Waals surface area contributed by atoms with Crippen molar-refractivity contribution in [3.63, 3.8) is 0 Å². The summed E-state index contributed by atoms with van der Waals surface area (Å²) in [5.74, 6) is -0.520. The molecule has 4 rings (SSSR count). The minimum absolute atomic E-state index is 0.179. The molecule has 0 bridgehead atoms. The normalized spacial score (nSPS) is 20.4. The fourth-order valence-corrected chi connectivity index (χ4v) is 6.01. The number of hydrogen-bond acceptors (Lipinski definition) is 4. The summed E-state index contributed by atoms with van der Waals surface area (Å²) < 4.78 is 45.0. The molecule has 2 heterocycles. The van der Waals surface area contributed by atoms with Crippen molar-refractivity contribution >= 4 is 21.6 Å². The Labute approximate surface area is 182 Å². The number of nitrogens with zero attached hydrogens (tertiary/aromatic N) is 1. The molecule has 0 aliphatic carbocycles. The molecule has 2 aromatic rings. The number of halogens is 1. The Balaban J connectivity index is 1.54. The van der Waals surface area contributed by atoms with E-state index in [1.165, 1.54) is 22.7 Å². The van der Waals surface area contributed by atoms with Crippen LogP contribution in [0.5, 0.6) is 0 Å². The maximum atomic E-state index is 13.9. The van der Waals surface area contributed by atoms with Crippen LogP contribution in [-0.2, 0) is 26.6 Å². The highest BCUT2D eigenvalue weighted by Crippen LogP contribution is 2.36. The lowest BCUT2D eigenvalue weighted by Gasteiger charge is -2.38. The molecule has 6 nitrogen and oxygen atoms in total. The Hall–Kier alpha value is -2.45. The number of benzene rings is 2. The molecule has 1 N–H and O–H groups in total. The summed E-state index contributed by atoms with van der Waals surface area (Å²) in [6.45, 7) is 3.35. The lowest BCUT2D eigenvalue weighted by Crippen LogP contribution is -2.44. The Morgan fingerprint density at radius 2 is 1.97 bits per heavy atom. The number of carbonyl (C=O) groups is 1. The molecule has 0 aromatic heterocycles. The van der Waals surface area contributed by atoms with Gasteiger partial charge in [0.05, 0.1) is 11.9 Å². The maximum absolute atomic E-state index is 13.9. The summed E-state index contributed by atoms with van der Waals surface area (Å²) in [6.07, 6.45) is 3.15. The lowest BCUT2D eigenvalue weighted by molar-refractivity contribution is 0.0486. The molecule has 166 valence electrons. The van der Waals surface area contributed by atoms with E-state index in [2.05, 4.69) is 5.32 Å². The third-order valence-electron chi connectivity index (χ3n) is 6.33. The second kappa shape index (κ2) is 8.24. The Morgan fingerprint density at radius 1 is 1.23 bits per heavy atom. The third kappa shape index (κ3) is 4.32. The molecule has 1 saturated heterocycles. The largest absolute Gasteiger partial charge is 0.381 e. The van der Waals surface area contributed by atoms with Crippen LogP contribution in [0.15, 0.2) is 42.5 Å². The summed E-state index contributed by atoms with van der Waals surface area (Å²) >= 11 is 0. The first-order valence-corrected chi connectivity index (χ1v) is 12.3. The average molecular weight is 447 g/mol. The van der Waals surface area contributed by atoms with Gasteiger partial charge < -0.3 is 10.1 Å². The number of rotatable bonds is 5. The van der Waals surface area contributed by atoms with Gasteiger partial charge in [-0.25, -0.2) is 12.8 Å².